The maximum atomic E-state index is 10.6. The van der Waals surface area contributed by atoms with Crippen molar-refractivity contribution in [2.75, 3.05) is 5.88 Å². The maximum Gasteiger partial charge on any atom is 0.132 e. The SMILES string of the molecule is CCC(=O)CCCCCl. The van der Waals surface area contributed by atoms with Gasteiger partial charge in [0.1, 0.15) is 5.78 Å². The van der Waals surface area contributed by atoms with Gasteiger partial charge in [0.2, 0.25) is 0 Å². The molecule has 0 aromatic carbocycles. The van der Waals surface area contributed by atoms with Crippen LogP contribution in [0.4, 0.5) is 0 Å². The molecule has 1 nitrogen and oxygen atoms in total. The Labute approximate surface area is 61.4 Å². The van der Waals surface area contributed by atoms with Gasteiger partial charge < -0.3 is 0 Å². The van der Waals surface area contributed by atoms with Crippen molar-refractivity contribution in [3.05, 3.63) is 0 Å². The number of rotatable bonds is 5. The molecule has 0 saturated carbocycles. The molecule has 0 unspecified atom stereocenters. The van der Waals surface area contributed by atoms with Crippen molar-refractivity contribution in [3.8, 4) is 0 Å². The molecular formula is C7H13ClO. The number of hydrogen-bond donors (Lipinski definition) is 0. The average Bonchev–Trinajstić information content (AvgIpc) is 1.89. The first-order valence-electron chi connectivity index (χ1n) is 3.39. The Hall–Kier alpha value is -0.0400. The number of Topliss-reactive ketones (excluding diaryl/α,β-unsaturated/α-hetero) is 1. The first-order chi connectivity index (χ1) is 4.31. The molecule has 0 aliphatic carbocycles. The molecule has 0 amide bonds. The molecule has 0 aliphatic heterocycles. The summed E-state index contributed by atoms with van der Waals surface area (Å²) in [4.78, 5) is 10.6. The van der Waals surface area contributed by atoms with Gasteiger partial charge in [-0.1, -0.05) is 6.92 Å². The zero-order chi connectivity index (χ0) is 7.11. The highest BCUT2D eigenvalue weighted by molar-refractivity contribution is 6.17. The zero-order valence-electron chi connectivity index (χ0n) is 5.82. The first-order valence-corrected chi connectivity index (χ1v) is 3.92. The molecule has 0 spiro atoms. The van der Waals surface area contributed by atoms with Crippen molar-refractivity contribution < 1.29 is 4.79 Å². The highest BCUT2D eigenvalue weighted by Gasteiger charge is 1.95. The molecule has 9 heavy (non-hydrogen) atoms. The number of hydrogen-bond acceptors (Lipinski definition) is 1. The molecule has 54 valence electrons. The molecule has 0 saturated heterocycles. The Morgan fingerprint density at radius 2 is 2.11 bits per heavy atom. The van der Waals surface area contributed by atoms with Gasteiger partial charge in [-0.3, -0.25) is 4.79 Å². The van der Waals surface area contributed by atoms with Gasteiger partial charge in [-0.05, 0) is 12.8 Å². The van der Waals surface area contributed by atoms with Crippen LogP contribution in [0.5, 0.6) is 0 Å². The number of alkyl halides is 1. The van der Waals surface area contributed by atoms with E-state index in [4.69, 9.17) is 11.6 Å². The Bertz CT molecular complexity index is 81.0. The molecule has 0 heterocycles. The van der Waals surface area contributed by atoms with Gasteiger partial charge in [-0.15, -0.1) is 11.6 Å². The second kappa shape index (κ2) is 6.09. The van der Waals surface area contributed by atoms with Gasteiger partial charge in [-0.25, -0.2) is 0 Å². The third-order valence-corrected chi connectivity index (χ3v) is 1.50. The minimum Gasteiger partial charge on any atom is -0.300 e. The molecular weight excluding hydrogens is 136 g/mol. The summed E-state index contributed by atoms with van der Waals surface area (Å²) in [6.07, 6.45) is 3.30. The van der Waals surface area contributed by atoms with E-state index in [1.54, 1.807) is 0 Å². The van der Waals surface area contributed by atoms with E-state index in [1.807, 2.05) is 6.92 Å². The van der Waals surface area contributed by atoms with E-state index in [1.165, 1.54) is 0 Å². The van der Waals surface area contributed by atoms with Gasteiger partial charge in [0, 0.05) is 18.7 Å². The molecule has 0 bridgehead atoms. The predicted octanol–water partition coefficient (Wildman–Crippen LogP) is 2.37. The average molecular weight is 149 g/mol. The largest absolute Gasteiger partial charge is 0.300 e. The first kappa shape index (κ1) is 8.96. The van der Waals surface area contributed by atoms with E-state index in [2.05, 4.69) is 0 Å². The minimum absolute atomic E-state index is 0.347. The van der Waals surface area contributed by atoms with Crippen LogP contribution in [0.25, 0.3) is 0 Å². The summed E-state index contributed by atoms with van der Waals surface area (Å²) < 4.78 is 0. The number of halogens is 1. The third kappa shape index (κ3) is 5.84. The monoisotopic (exact) mass is 148 g/mol. The number of ketones is 1. The van der Waals surface area contributed by atoms with E-state index in [9.17, 15) is 4.79 Å². The van der Waals surface area contributed by atoms with E-state index in [-0.39, 0.29) is 0 Å². The number of carbonyl (C=O) groups excluding carboxylic acids is 1. The van der Waals surface area contributed by atoms with E-state index >= 15 is 0 Å². The Balaban J connectivity index is 2.97. The fourth-order valence-corrected chi connectivity index (χ4v) is 0.782. The Morgan fingerprint density at radius 3 is 2.56 bits per heavy atom. The number of carbonyl (C=O) groups is 1. The lowest BCUT2D eigenvalue weighted by Gasteiger charge is -1.93. The van der Waals surface area contributed by atoms with Crippen LogP contribution in [-0.4, -0.2) is 11.7 Å². The van der Waals surface area contributed by atoms with Crippen molar-refractivity contribution in [3.63, 3.8) is 0 Å². The molecule has 0 aromatic heterocycles. The topological polar surface area (TPSA) is 17.1 Å². The standard InChI is InChI=1S/C7H13ClO/c1-2-7(9)5-3-4-6-8/h2-6H2,1H3. The van der Waals surface area contributed by atoms with Crippen LogP contribution in [0.2, 0.25) is 0 Å². The highest BCUT2D eigenvalue weighted by Crippen LogP contribution is 1.99. The van der Waals surface area contributed by atoms with Crippen LogP contribution < -0.4 is 0 Å². The lowest BCUT2D eigenvalue weighted by Crippen LogP contribution is -1.93. The molecule has 0 aliphatic rings. The van der Waals surface area contributed by atoms with Gasteiger partial charge >= 0.3 is 0 Å². The summed E-state index contributed by atoms with van der Waals surface area (Å²) in [6, 6.07) is 0. The van der Waals surface area contributed by atoms with Crippen molar-refractivity contribution in [1.82, 2.24) is 0 Å². The van der Waals surface area contributed by atoms with Gasteiger partial charge in [-0.2, -0.15) is 0 Å². The maximum absolute atomic E-state index is 10.6. The van der Waals surface area contributed by atoms with Crippen molar-refractivity contribution in [2.45, 2.75) is 32.6 Å². The fourth-order valence-electron chi connectivity index (χ4n) is 0.593. The lowest BCUT2D eigenvalue weighted by molar-refractivity contribution is -0.118. The Morgan fingerprint density at radius 1 is 1.44 bits per heavy atom. The van der Waals surface area contributed by atoms with Crippen molar-refractivity contribution in [2.24, 2.45) is 0 Å². The summed E-state index contributed by atoms with van der Waals surface area (Å²) in [6.45, 7) is 1.89. The quantitative estimate of drug-likeness (QED) is 0.432. The molecule has 2 heteroatoms. The van der Waals surface area contributed by atoms with Crippen LogP contribution in [0, 0.1) is 0 Å². The molecule has 0 rings (SSSR count). The predicted molar refractivity (Wildman–Crippen MR) is 39.9 cm³/mol. The minimum atomic E-state index is 0.347. The Kier molecular flexibility index (Phi) is 6.06. The van der Waals surface area contributed by atoms with Crippen molar-refractivity contribution >= 4 is 17.4 Å². The highest BCUT2D eigenvalue weighted by atomic mass is 35.5. The molecule has 0 N–H and O–H groups in total. The summed E-state index contributed by atoms with van der Waals surface area (Å²) in [5, 5.41) is 0. The summed E-state index contributed by atoms with van der Waals surface area (Å²) in [7, 11) is 0. The van der Waals surface area contributed by atoms with Gasteiger partial charge in [0.15, 0.2) is 0 Å². The van der Waals surface area contributed by atoms with Crippen LogP contribution >= 0.6 is 11.6 Å². The summed E-state index contributed by atoms with van der Waals surface area (Å²) in [5.74, 6) is 1.02. The zero-order valence-corrected chi connectivity index (χ0v) is 6.58. The second-order valence-corrected chi connectivity index (χ2v) is 2.42. The molecule has 0 aromatic rings. The summed E-state index contributed by atoms with van der Waals surface area (Å²) in [5.41, 5.74) is 0. The third-order valence-electron chi connectivity index (χ3n) is 1.23. The van der Waals surface area contributed by atoms with Crippen LogP contribution in [0.1, 0.15) is 32.6 Å². The van der Waals surface area contributed by atoms with Crippen LogP contribution in [0.15, 0.2) is 0 Å². The molecule has 0 atom stereocenters. The number of unbranched alkanes of at least 4 members (excludes halogenated alkanes) is 1. The van der Waals surface area contributed by atoms with Gasteiger partial charge in [0.05, 0.1) is 0 Å². The van der Waals surface area contributed by atoms with E-state index in [0.29, 0.717) is 24.5 Å². The van der Waals surface area contributed by atoms with Crippen LogP contribution in [-0.2, 0) is 4.79 Å². The van der Waals surface area contributed by atoms with Crippen molar-refractivity contribution in [1.29, 1.82) is 0 Å². The summed E-state index contributed by atoms with van der Waals surface area (Å²) >= 11 is 5.42. The fraction of sp³-hybridized carbons (Fsp3) is 0.857. The smallest absolute Gasteiger partial charge is 0.132 e. The normalized spacial score (nSPS) is 9.56. The second-order valence-electron chi connectivity index (χ2n) is 2.04. The van der Waals surface area contributed by atoms with Gasteiger partial charge in [0.25, 0.3) is 0 Å². The van der Waals surface area contributed by atoms with Crippen LogP contribution in [0.3, 0.4) is 0 Å². The molecule has 0 fully saturated rings. The lowest BCUT2D eigenvalue weighted by atomic mass is 10.1. The molecule has 0 radical (unpaired) electrons. The van der Waals surface area contributed by atoms with E-state index < -0.39 is 0 Å². The van der Waals surface area contributed by atoms with E-state index in [0.717, 1.165) is 12.8 Å².